The predicted octanol–water partition coefficient (Wildman–Crippen LogP) is 1.97. The van der Waals surface area contributed by atoms with Crippen LogP contribution in [-0.2, 0) is 4.74 Å². The van der Waals surface area contributed by atoms with Crippen molar-refractivity contribution >= 4 is 12.0 Å². The maximum atomic E-state index is 11.6. The van der Waals surface area contributed by atoms with E-state index in [2.05, 4.69) is 5.32 Å². The highest BCUT2D eigenvalue weighted by Crippen LogP contribution is 2.11. The molecule has 0 aromatic heterocycles. The van der Waals surface area contributed by atoms with Gasteiger partial charge in [-0.25, -0.2) is 4.79 Å². The first kappa shape index (κ1) is 13.0. The fraction of sp³-hybridized carbons (Fsp3) is 0.333. The number of benzene rings is 1. The molecule has 1 aromatic carbocycles. The van der Waals surface area contributed by atoms with E-state index >= 15 is 0 Å². The molecule has 0 aliphatic heterocycles. The number of carbonyl (C=O) groups excluding carboxylic acids is 2. The van der Waals surface area contributed by atoms with Gasteiger partial charge in [0.1, 0.15) is 5.75 Å². The molecule has 0 fully saturated rings. The van der Waals surface area contributed by atoms with Crippen molar-refractivity contribution in [3.8, 4) is 5.75 Å². The molecule has 1 rings (SSSR count). The lowest BCUT2D eigenvalue weighted by molar-refractivity contribution is 0.0876. The molecule has 0 bridgehead atoms. The van der Waals surface area contributed by atoms with Gasteiger partial charge in [0.15, 0.2) is 0 Å². The zero-order chi connectivity index (χ0) is 12.8. The first-order valence-corrected chi connectivity index (χ1v) is 5.19. The second-order valence-electron chi connectivity index (χ2n) is 3.64. The fourth-order valence-corrected chi connectivity index (χ4v) is 1.15. The van der Waals surface area contributed by atoms with Crippen LogP contribution in [0, 0.1) is 0 Å². The second kappa shape index (κ2) is 5.89. The molecule has 2 amide bonds. The Kier molecular flexibility index (Phi) is 4.51. The number of alkyl carbamates (subject to hydrolysis) is 1. The minimum atomic E-state index is -0.749. The standard InChI is InChI=1S/C12H15NO4/c1-8(2)17-12(15)13-11(14)9-4-6-10(16-3)7-5-9/h4-8H,1-3H3,(H,13,14,15). The number of amides is 2. The molecule has 17 heavy (non-hydrogen) atoms. The van der Waals surface area contributed by atoms with Crippen LogP contribution in [0.15, 0.2) is 24.3 Å². The van der Waals surface area contributed by atoms with Crippen molar-refractivity contribution in [2.24, 2.45) is 0 Å². The third kappa shape index (κ3) is 4.14. The molecule has 0 aliphatic carbocycles. The van der Waals surface area contributed by atoms with E-state index < -0.39 is 12.0 Å². The van der Waals surface area contributed by atoms with Crippen molar-refractivity contribution in [3.05, 3.63) is 29.8 Å². The SMILES string of the molecule is COc1ccc(C(=O)NC(=O)OC(C)C)cc1. The highest BCUT2D eigenvalue weighted by Gasteiger charge is 2.12. The van der Waals surface area contributed by atoms with E-state index in [9.17, 15) is 9.59 Å². The van der Waals surface area contributed by atoms with Gasteiger partial charge in [-0.05, 0) is 38.1 Å². The van der Waals surface area contributed by atoms with Gasteiger partial charge in [0.2, 0.25) is 0 Å². The molecular weight excluding hydrogens is 222 g/mol. The van der Waals surface area contributed by atoms with E-state index in [1.54, 1.807) is 38.1 Å². The van der Waals surface area contributed by atoms with Crippen molar-refractivity contribution in [3.63, 3.8) is 0 Å². The average molecular weight is 237 g/mol. The van der Waals surface area contributed by atoms with E-state index in [1.165, 1.54) is 7.11 Å². The van der Waals surface area contributed by atoms with Gasteiger partial charge in [0.05, 0.1) is 13.2 Å². The van der Waals surface area contributed by atoms with E-state index in [0.29, 0.717) is 11.3 Å². The van der Waals surface area contributed by atoms with Gasteiger partial charge in [-0.3, -0.25) is 10.1 Å². The lowest BCUT2D eigenvalue weighted by Crippen LogP contribution is -2.32. The van der Waals surface area contributed by atoms with Crippen LogP contribution >= 0.6 is 0 Å². The Labute approximate surface area is 99.7 Å². The summed E-state index contributed by atoms with van der Waals surface area (Å²) in [4.78, 5) is 22.8. The quantitative estimate of drug-likeness (QED) is 0.872. The molecule has 0 saturated heterocycles. The van der Waals surface area contributed by atoms with Crippen molar-refractivity contribution in [1.82, 2.24) is 5.32 Å². The summed E-state index contributed by atoms with van der Waals surface area (Å²) in [5.74, 6) is 0.143. The Balaban J connectivity index is 2.60. The largest absolute Gasteiger partial charge is 0.497 e. The van der Waals surface area contributed by atoms with Crippen molar-refractivity contribution in [2.75, 3.05) is 7.11 Å². The summed E-state index contributed by atoms with van der Waals surface area (Å²) >= 11 is 0. The van der Waals surface area contributed by atoms with Crippen LogP contribution in [-0.4, -0.2) is 25.2 Å². The fourth-order valence-electron chi connectivity index (χ4n) is 1.15. The number of rotatable bonds is 3. The molecule has 1 aromatic rings. The number of imide groups is 1. The summed E-state index contributed by atoms with van der Waals surface area (Å²) in [6.07, 6.45) is -1.01. The Hall–Kier alpha value is -2.04. The molecule has 0 atom stereocenters. The first-order valence-electron chi connectivity index (χ1n) is 5.19. The maximum absolute atomic E-state index is 11.6. The Morgan fingerprint density at radius 3 is 2.24 bits per heavy atom. The molecule has 1 N–H and O–H groups in total. The van der Waals surface area contributed by atoms with E-state index in [0.717, 1.165) is 0 Å². The van der Waals surface area contributed by atoms with Crippen LogP contribution in [0.5, 0.6) is 5.75 Å². The summed E-state index contributed by atoms with van der Waals surface area (Å²) in [6, 6.07) is 6.42. The molecule has 0 radical (unpaired) electrons. The van der Waals surface area contributed by atoms with Gasteiger partial charge in [0, 0.05) is 5.56 Å². The van der Waals surface area contributed by atoms with Crippen LogP contribution in [0.4, 0.5) is 4.79 Å². The number of ether oxygens (including phenoxy) is 2. The minimum absolute atomic E-state index is 0.265. The zero-order valence-electron chi connectivity index (χ0n) is 10.0. The minimum Gasteiger partial charge on any atom is -0.497 e. The van der Waals surface area contributed by atoms with E-state index in [1.807, 2.05) is 0 Å². The number of hydrogen-bond acceptors (Lipinski definition) is 4. The first-order chi connectivity index (χ1) is 8.02. The lowest BCUT2D eigenvalue weighted by Gasteiger charge is -2.08. The predicted molar refractivity (Wildman–Crippen MR) is 62.1 cm³/mol. The molecule has 5 heteroatoms. The van der Waals surface area contributed by atoms with Crippen LogP contribution in [0.1, 0.15) is 24.2 Å². The van der Waals surface area contributed by atoms with Crippen LogP contribution in [0.3, 0.4) is 0 Å². The summed E-state index contributed by atoms with van der Waals surface area (Å²) in [5.41, 5.74) is 0.367. The summed E-state index contributed by atoms with van der Waals surface area (Å²) in [5, 5.41) is 2.12. The number of carbonyl (C=O) groups is 2. The number of methoxy groups -OCH3 is 1. The van der Waals surface area contributed by atoms with Gasteiger partial charge in [-0.2, -0.15) is 0 Å². The van der Waals surface area contributed by atoms with E-state index in [4.69, 9.17) is 9.47 Å². The maximum Gasteiger partial charge on any atom is 0.414 e. The average Bonchev–Trinajstić information content (AvgIpc) is 2.28. The van der Waals surface area contributed by atoms with Crippen LogP contribution in [0.2, 0.25) is 0 Å². The van der Waals surface area contributed by atoms with Crippen molar-refractivity contribution in [1.29, 1.82) is 0 Å². The number of nitrogens with one attached hydrogen (secondary N) is 1. The van der Waals surface area contributed by atoms with Gasteiger partial charge < -0.3 is 9.47 Å². The lowest BCUT2D eigenvalue weighted by atomic mass is 10.2. The monoisotopic (exact) mass is 237 g/mol. The van der Waals surface area contributed by atoms with E-state index in [-0.39, 0.29) is 6.10 Å². The third-order valence-corrected chi connectivity index (χ3v) is 1.91. The molecule has 0 unspecified atom stereocenters. The second-order valence-corrected chi connectivity index (χ2v) is 3.64. The Morgan fingerprint density at radius 1 is 1.18 bits per heavy atom. The third-order valence-electron chi connectivity index (χ3n) is 1.91. The normalized spacial score (nSPS) is 9.88. The molecule has 0 aliphatic rings. The Morgan fingerprint density at radius 2 is 1.76 bits per heavy atom. The van der Waals surface area contributed by atoms with Crippen molar-refractivity contribution < 1.29 is 19.1 Å². The van der Waals surface area contributed by atoms with Gasteiger partial charge in [-0.15, -0.1) is 0 Å². The zero-order valence-corrected chi connectivity index (χ0v) is 10.0. The summed E-state index contributed by atoms with van der Waals surface area (Å²) in [7, 11) is 1.54. The number of hydrogen-bond donors (Lipinski definition) is 1. The highest BCUT2D eigenvalue weighted by molar-refractivity contribution is 6.02. The topological polar surface area (TPSA) is 64.6 Å². The van der Waals surface area contributed by atoms with Crippen LogP contribution < -0.4 is 10.1 Å². The molecular formula is C12H15NO4. The summed E-state index contributed by atoms with van der Waals surface area (Å²) < 4.78 is 9.75. The highest BCUT2D eigenvalue weighted by atomic mass is 16.6. The molecule has 92 valence electrons. The van der Waals surface area contributed by atoms with Gasteiger partial charge in [-0.1, -0.05) is 0 Å². The van der Waals surface area contributed by atoms with Crippen LogP contribution in [0.25, 0.3) is 0 Å². The summed E-state index contributed by atoms with van der Waals surface area (Å²) in [6.45, 7) is 3.41. The van der Waals surface area contributed by atoms with Crippen molar-refractivity contribution in [2.45, 2.75) is 20.0 Å². The molecule has 5 nitrogen and oxygen atoms in total. The van der Waals surface area contributed by atoms with Gasteiger partial charge in [0.25, 0.3) is 5.91 Å². The molecule has 0 heterocycles. The molecule has 0 spiro atoms. The Bertz CT molecular complexity index is 397. The van der Waals surface area contributed by atoms with Gasteiger partial charge >= 0.3 is 6.09 Å². The molecule has 0 saturated carbocycles. The smallest absolute Gasteiger partial charge is 0.414 e.